The van der Waals surface area contributed by atoms with Crippen molar-refractivity contribution < 1.29 is 5.11 Å². The average molecular weight is 393 g/mol. The Hall–Kier alpha value is -1.84. The van der Waals surface area contributed by atoms with Crippen LogP contribution in [-0.4, -0.2) is 29.1 Å². The second kappa shape index (κ2) is 9.32. The van der Waals surface area contributed by atoms with E-state index in [9.17, 15) is 5.11 Å². The Kier molecular flexibility index (Phi) is 6.56. The number of nitrogens with zero attached hydrogens (tertiary/aromatic N) is 1. The molecule has 0 bridgehead atoms. The molecular weight excluding hydrogens is 356 g/mol. The zero-order valence-corrected chi connectivity index (χ0v) is 18.0. The maximum atomic E-state index is 10.9. The third-order valence-electron chi connectivity index (χ3n) is 6.82. The topological polar surface area (TPSA) is 35.5 Å². The predicted octanol–water partition coefficient (Wildman–Crippen LogP) is 5.54. The van der Waals surface area contributed by atoms with E-state index in [2.05, 4.69) is 54.4 Å². The van der Waals surface area contributed by atoms with Gasteiger partial charge in [0.15, 0.2) is 0 Å². The zero-order valence-electron chi connectivity index (χ0n) is 18.0. The number of phenols is 1. The molecule has 2 aromatic carbocycles. The normalized spacial score (nSPS) is 23.6. The summed E-state index contributed by atoms with van der Waals surface area (Å²) in [6.45, 7) is 6.80. The highest BCUT2D eigenvalue weighted by molar-refractivity contribution is 5.45. The van der Waals surface area contributed by atoms with Crippen LogP contribution in [0.15, 0.2) is 42.5 Å². The quantitative estimate of drug-likeness (QED) is 0.650. The van der Waals surface area contributed by atoms with Crippen molar-refractivity contribution in [1.82, 2.24) is 10.2 Å². The molecule has 0 saturated carbocycles. The van der Waals surface area contributed by atoms with E-state index in [1.54, 1.807) is 0 Å². The molecule has 0 heterocycles. The van der Waals surface area contributed by atoms with Crippen LogP contribution in [0, 0.1) is 0 Å². The molecule has 0 aromatic heterocycles. The van der Waals surface area contributed by atoms with Gasteiger partial charge in [0.05, 0.1) is 6.04 Å². The van der Waals surface area contributed by atoms with Gasteiger partial charge in [0.25, 0.3) is 0 Å². The summed E-state index contributed by atoms with van der Waals surface area (Å²) in [6, 6.07) is 16.0. The minimum atomic E-state index is 0.175. The van der Waals surface area contributed by atoms with E-state index in [0.717, 1.165) is 31.5 Å². The van der Waals surface area contributed by atoms with E-state index < -0.39 is 0 Å². The van der Waals surface area contributed by atoms with E-state index in [1.807, 2.05) is 12.1 Å². The van der Waals surface area contributed by atoms with E-state index in [-0.39, 0.29) is 6.04 Å². The predicted molar refractivity (Wildman–Crippen MR) is 120 cm³/mol. The summed E-state index contributed by atoms with van der Waals surface area (Å²) in [6.07, 6.45) is 8.13. The van der Waals surface area contributed by atoms with Crippen molar-refractivity contribution in [2.75, 3.05) is 13.1 Å². The molecule has 0 saturated heterocycles. The lowest BCUT2D eigenvalue weighted by atomic mass is 9.80. The third-order valence-corrected chi connectivity index (χ3v) is 6.82. The van der Waals surface area contributed by atoms with Crippen LogP contribution in [0.4, 0.5) is 0 Å². The van der Waals surface area contributed by atoms with Gasteiger partial charge in [0.1, 0.15) is 5.75 Å². The van der Waals surface area contributed by atoms with Gasteiger partial charge in [0.2, 0.25) is 0 Å². The molecule has 3 atom stereocenters. The molecule has 0 fully saturated rings. The van der Waals surface area contributed by atoms with Gasteiger partial charge in [-0.1, -0.05) is 50.2 Å². The summed E-state index contributed by atoms with van der Waals surface area (Å²) < 4.78 is 0. The van der Waals surface area contributed by atoms with Gasteiger partial charge < -0.3 is 10.4 Å². The van der Waals surface area contributed by atoms with Crippen molar-refractivity contribution in [2.45, 2.75) is 76.9 Å². The number of phenolic OH excluding ortho intramolecular Hbond substituents is 1. The standard InChI is InChI=1S/C26H36N2O/c1-3-17-28(18-4-2)23-16-15-20-11-8-14-24(29)25(20)26(23)27-22-13-7-10-19-9-5-6-12-21(19)22/h5-6,8-9,11-12,14,22-23,26-27,29H,3-4,7,10,13,15-18H2,1-2H3. The number of nitrogens with one attached hydrogen (secondary N) is 1. The first-order valence-corrected chi connectivity index (χ1v) is 11.6. The Morgan fingerprint density at radius 1 is 0.931 bits per heavy atom. The average Bonchev–Trinajstić information content (AvgIpc) is 2.74. The maximum absolute atomic E-state index is 10.9. The van der Waals surface area contributed by atoms with Gasteiger partial charge in [-0.2, -0.15) is 0 Å². The van der Waals surface area contributed by atoms with Gasteiger partial charge in [-0.3, -0.25) is 4.90 Å². The fraction of sp³-hybridized carbons (Fsp3) is 0.538. The Bertz CT molecular complexity index is 812. The van der Waals surface area contributed by atoms with Crippen molar-refractivity contribution in [1.29, 1.82) is 0 Å². The molecule has 3 nitrogen and oxygen atoms in total. The molecule has 29 heavy (non-hydrogen) atoms. The molecule has 2 N–H and O–H groups in total. The van der Waals surface area contributed by atoms with Gasteiger partial charge in [-0.05, 0) is 80.8 Å². The maximum Gasteiger partial charge on any atom is 0.120 e. The van der Waals surface area contributed by atoms with E-state index >= 15 is 0 Å². The highest BCUT2D eigenvalue weighted by atomic mass is 16.3. The molecule has 0 amide bonds. The molecule has 0 spiro atoms. The number of hydrogen-bond acceptors (Lipinski definition) is 3. The van der Waals surface area contributed by atoms with Gasteiger partial charge in [0, 0.05) is 17.6 Å². The number of aromatic hydroxyl groups is 1. The number of aryl methyl sites for hydroxylation is 2. The molecule has 4 rings (SSSR count). The first-order chi connectivity index (χ1) is 14.2. The summed E-state index contributed by atoms with van der Waals surface area (Å²) >= 11 is 0. The Balaban J connectivity index is 1.70. The van der Waals surface area contributed by atoms with Crippen LogP contribution < -0.4 is 5.32 Å². The summed E-state index contributed by atoms with van der Waals surface area (Å²) in [5.41, 5.74) is 5.40. The van der Waals surface area contributed by atoms with Crippen LogP contribution in [-0.2, 0) is 12.8 Å². The largest absolute Gasteiger partial charge is 0.508 e. The minimum Gasteiger partial charge on any atom is -0.508 e. The molecule has 2 aromatic rings. The van der Waals surface area contributed by atoms with Crippen molar-refractivity contribution in [2.24, 2.45) is 0 Å². The second-order valence-electron chi connectivity index (χ2n) is 8.78. The monoisotopic (exact) mass is 392 g/mol. The lowest BCUT2D eigenvalue weighted by molar-refractivity contribution is 0.130. The third kappa shape index (κ3) is 4.22. The molecule has 0 radical (unpaired) electrons. The molecule has 2 aliphatic rings. The lowest BCUT2D eigenvalue weighted by Gasteiger charge is -2.43. The van der Waals surface area contributed by atoms with Crippen LogP contribution >= 0.6 is 0 Å². The van der Waals surface area contributed by atoms with E-state index in [0.29, 0.717) is 17.8 Å². The van der Waals surface area contributed by atoms with Crippen LogP contribution in [0.1, 0.15) is 80.3 Å². The SMILES string of the molecule is CCCN(CCC)C1CCc2cccc(O)c2C1NC1CCCc2ccccc21. The fourth-order valence-electron chi connectivity index (χ4n) is 5.59. The van der Waals surface area contributed by atoms with Crippen LogP contribution in [0.5, 0.6) is 5.75 Å². The Morgan fingerprint density at radius 3 is 2.48 bits per heavy atom. The van der Waals surface area contributed by atoms with Gasteiger partial charge >= 0.3 is 0 Å². The highest BCUT2D eigenvalue weighted by Gasteiger charge is 2.37. The number of fused-ring (bicyclic) bond motifs is 2. The Labute approximate surface area is 176 Å². The van der Waals surface area contributed by atoms with Crippen molar-refractivity contribution in [3.8, 4) is 5.75 Å². The number of rotatable bonds is 7. The van der Waals surface area contributed by atoms with Crippen LogP contribution in [0.3, 0.4) is 0 Å². The summed E-state index contributed by atoms with van der Waals surface area (Å²) in [4.78, 5) is 2.67. The molecule has 0 aliphatic heterocycles. The Morgan fingerprint density at radius 2 is 1.69 bits per heavy atom. The first kappa shape index (κ1) is 20.4. The van der Waals surface area contributed by atoms with Crippen molar-refractivity contribution >= 4 is 0 Å². The van der Waals surface area contributed by atoms with Crippen molar-refractivity contribution in [3.63, 3.8) is 0 Å². The number of benzene rings is 2. The van der Waals surface area contributed by atoms with Crippen molar-refractivity contribution in [3.05, 3.63) is 64.7 Å². The molecule has 2 aliphatic carbocycles. The highest BCUT2D eigenvalue weighted by Crippen LogP contribution is 2.41. The van der Waals surface area contributed by atoms with Gasteiger partial charge in [-0.15, -0.1) is 0 Å². The molecule has 156 valence electrons. The fourth-order valence-corrected chi connectivity index (χ4v) is 5.59. The van der Waals surface area contributed by atoms with Gasteiger partial charge in [-0.25, -0.2) is 0 Å². The first-order valence-electron chi connectivity index (χ1n) is 11.6. The second-order valence-corrected chi connectivity index (χ2v) is 8.78. The van der Waals surface area contributed by atoms with Crippen LogP contribution in [0.2, 0.25) is 0 Å². The number of hydrogen-bond donors (Lipinski definition) is 2. The smallest absolute Gasteiger partial charge is 0.120 e. The van der Waals surface area contributed by atoms with E-state index in [4.69, 9.17) is 0 Å². The molecular formula is C26H36N2O. The summed E-state index contributed by atoms with van der Waals surface area (Å²) in [5.74, 6) is 0.460. The zero-order chi connectivity index (χ0) is 20.2. The van der Waals surface area contributed by atoms with Crippen LogP contribution in [0.25, 0.3) is 0 Å². The van der Waals surface area contributed by atoms with E-state index in [1.165, 1.54) is 48.8 Å². The summed E-state index contributed by atoms with van der Waals surface area (Å²) in [5, 5.41) is 14.9. The molecule has 3 unspecified atom stereocenters. The minimum absolute atomic E-state index is 0.175. The lowest BCUT2D eigenvalue weighted by Crippen LogP contribution is -2.49. The summed E-state index contributed by atoms with van der Waals surface area (Å²) in [7, 11) is 0. The molecule has 3 heteroatoms.